The Morgan fingerprint density at radius 3 is 2.39 bits per heavy atom. The molecule has 0 aliphatic heterocycles. The molecule has 1 atom stereocenters. The first-order valence-electron chi connectivity index (χ1n) is 7.95. The summed E-state index contributed by atoms with van der Waals surface area (Å²) in [6, 6.07) is 13.8. The topological polar surface area (TPSA) is 53.5 Å². The van der Waals surface area contributed by atoms with E-state index in [-0.39, 0.29) is 0 Å². The van der Waals surface area contributed by atoms with Gasteiger partial charge in [-0.15, -0.1) is 0 Å². The first-order chi connectivity index (χ1) is 11.1. The second-order valence-corrected chi connectivity index (χ2v) is 5.66. The molecule has 0 aliphatic rings. The average molecular weight is 314 g/mol. The number of ether oxygens (including phenoxy) is 1. The Labute approximate surface area is 138 Å². The van der Waals surface area contributed by atoms with Crippen LogP contribution in [0.25, 0.3) is 0 Å². The molecule has 0 heterocycles. The average Bonchev–Trinajstić information content (AvgIpc) is 2.56. The molecule has 0 saturated heterocycles. The molecule has 2 aromatic rings. The van der Waals surface area contributed by atoms with Crippen molar-refractivity contribution in [3.8, 4) is 5.75 Å². The number of methoxy groups -OCH3 is 1. The van der Waals surface area contributed by atoms with E-state index in [0.29, 0.717) is 6.54 Å². The second kappa shape index (κ2) is 8.56. The number of aryl methyl sites for hydroxylation is 2. The number of para-hydroxylation sites is 2. The smallest absolute Gasteiger partial charge is 0.124 e. The van der Waals surface area contributed by atoms with Crippen molar-refractivity contribution in [2.24, 2.45) is 0 Å². The zero-order chi connectivity index (χ0) is 16.7. The first-order valence-corrected chi connectivity index (χ1v) is 7.95. The molecule has 0 amide bonds. The summed E-state index contributed by atoms with van der Waals surface area (Å²) in [5.74, 6) is 0.718. The molecule has 124 valence electrons. The number of rotatable bonds is 8. The zero-order valence-electron chi connectivity index (χ0n) is 14.1. The molecule has 4 heteroatoms. The molecule has 0 saturated carbocycles. The lowest BCUT2D eigenvalue weighted by atomic mass is 10.1. The zero-order valence-corrected chi connectivity index (χ0v) is 14.1. The van der Waals surface area contributed by atoms with Crippen molar-refractivity contribution in [3.63, 3.8) is 0 Å². The molecule has 0 fully saturated rings. The largest absolute Gasteiger partial charge is 0.496 e. The van der Waals surface area contributed by atoms with Gasteiger partial charge in [0.2, 0.25) is 0 Å². The van der Waals surface area contributed by atoms with Crippen LogP contribution in [0.2, 0.25) is 0 Å². The van der Waals surface area contributed by atoms with Crippen LogP contribution >= 0.6 is 0 Å². The van der Waals surface area contributed by atoms with Crippen molar-refractivity contribution in [2.75, 3.05) is 32.1 Å². The highest BCUT2D eigenvalue weighted by Crippen LogP contribution is 2.24. The maximum atomic E-state index is 10.3. The molecule has 2 aromatic carbocycles. The number of nitrogens with one attached hydrogen (secondary N) is 2. The fourth-order valence-corrected chi connectivity index (χ4v) is 2.66. The van der Waals surface area contributed by atoms with E-state index >= 15 is 0 Å². The van der Waals surface area contributed by atoms with Gasteiger partial charge in [0.15, 0.2) is 0 Å². The van der Waals surface area contributed by atoms with Gasteiger partial charge in [-0.1, -0.05) is 36.4 Å². The van der Waals surface area contributed by atoms with E-state index in [1.165, 1.54) is 16.8 Å². The molecule has 0 spiro atoms. The number of anilines is 1. The van der Waals surface area contributed by atoms with E-state index in [0.717, 1.165) is 24.4 Å². The van der Waals surface area contributed by atoms with Crippen molar-refractivity contribution < 1.29 is 9.84 Å². The number of hydrogen-bond donors (Lipinski definition) is 3. The van der Waals surface area contributed by atoms with Crippen LogP contribution in [0.4, 0.5) is 5.69 Å². The lowest BCUT2D eigenvalue weighted by Crippen LogP contribution is -2.27. The van der Waals surface area contributed by atoms with E-state index in [1.807, 2.05) is 24.3 Å². The van der Waals surface area contributed by atoms with Gasteiger partial charge in [-0.3, -0.25) is 0 Å². The summed E-state index contributed by atoms with van der Waals surface area (Å²) < 4.78 is 5.28. The summed E-state index contributed by atoms with van der Waals surface area (Å²) >= 11 is 0. The number of aliphatic hydroxyl groups excluding tert-OH is 1. The highest BCUT2D eigenvalue weighted by Gasteiger charge is 2.11. The summed E-state index contributed by atoms with van der Waals surface area (Å²) in [7, 11) is 1.62. The Morgan fingerprint density at radius 1 is 1.00 bits per heavy atom. The molecule has 0 bridgehead atoms. The number of benzene rings is 2. The molecule has 23 heavy (non-hydrogen) atoms. The fraction of sp³-hybridized carbons (Fsp3) is 0.368. The van der Waals surface area contributed by atoms with Gasteiger partial charge >= 0.3 is 0 Å². The first kappa shape index (κ1) is 17.3. The maximum Gasteiger partial charge on any atom is 0.124 e. The minimum absolute atomic E-state index is 0.495. The van der Waals surface area contributed by atoms with Crippen molar-refractivity contribution in [3.05, 3.63) is 59.2 Å². The number of hydrogen-bond acceptors (Lipinski definition) is 4. The van der Waals surface area contributed by atoms with Crippen LogP contribution in [0.5, 0.6) is 5.75 Å². The normalized spacial score (nSPS) is 12.0. The van der Waals surface area contributed by atoms with Crippen LogP contribution in [-0.4, -0.2) is 31.9 Å². The molecule has 1 unspecified atom stereocenters. The quantitative estimate of drug-likeness (QED) is 0.656. The Hall–Kier alpha value is -2.04. The molecule has 2 rings (SSSR count). The van der Waals surface area contributed by atoms with Crippen LogP contribution in [0, 0.1) is 13.8 Å². The van der Waals surface area contributed by atoms with E-state index in [4.69, 9.17) is 4.74 Å². The van der Waals surface area contributed by atoms with Gasteiger partial charge in [-0.25, -0.2) is 0 Å². The van der Waals surface area contributed by atoms with Gasteiger partial charge in [-0.05, 0) is 31.0 Å². The Morgan fingerprint density at radius 2 is 1.70 bits per heavy atom. The maximum absolute atomic E-state index is 10.3. The van der Waals surface area contributed by atoms with Gasteiger partial charge in [0.05, 0.1) is 13.2 Å². The Kier molecular flexibility index (Phi) is 6.44. The van der Waals surface area contributed by atoms with E-state index < -0.39 is 6.10 Å². The summed E-state index contributed by atoms with van der Waals surface area (Å²) in [6.07, 6.45) is -0.577. The Bertz CT molecular complexity index is 608. The lowest BCUT2D eigenvalue weighted by Gasteiger charge is -2.16. The molecular weight excluding hydrogens is 288 g/mol. The van der Waals surface area contributed by atoms with Crippen molar-refractivity contribution in [1.82, 2.24) is 5.32 Å². The predicted molar refractivity (Wildman–Crippen MR) is 95.2 cm³/mol. The van der Waals surface area contributed by atoms with Crippen molar-refractivity contribution in [1.29, 1.82) is 0 Å². The summed E-state index contributed by atoms with van der Waals surface area (Å²) in [5, 5.41) is 17.0. The van der Waals surface area contributed by atoms with Crippen molar-refractivity contribution in [2.45, 2.75) is 20.0 Å². The van der Waals surface area contributed by atoms with Crippen LogP contribution in [0.3, 0.4) is 0 Å². The van der Waals surface area contributed by atoms with Gasteiger partial charge in [0.1, 0.15) is 5.75 Å². The van der Waals surface area contributed by atoms with Gasteiger partial charge < -0.3 is 20.5 Å². The van der Waals surface area contributed by atoms with Crippen LogP contribution in [-0.2, 0) is 0 Å². The fourth-order valence-electron chi connectivity index (χ4n) is 2.66. The Balaban J connectivity index is 1.77. The van der Waals surface area contributed by atoms with Crippen LogP contribution < -0.4 is 15.4 Å². The monoisotopic (exact) mass is 314 g/mol. The summed E-state index contributed by atoms with van der Waals surface area (Å²) in [5.41, 5.74) is 4.50. The molecule has 4 nitrogen and oxygen atoms in total. The minimum atomic E-state index is -0.577. The van der Waals surface area contributed by atoms with Gasteiger partial charge in [-0.2, -0.15) is 0 Å². The molecular formula is C19H26N2O2. The SMILES string of the molecule is COc1ccccc1C(O)CNCCNc1c(C)cccc1C. The summed E-state index contributed by atoms with van der Waals surface area (Å²) in [4.78, 5) is 0. The van der Waals surface area contributed by atoms with E-state index in [1.54, 1.807) is 7.11 Å². The van der Waals surface area contributed by atoms with E-state index in [9.17, 15) is 5.11 Å². The third-order valence-electron chi connectivity index (χ3n) is 3.92. The van der Waals surface area contributed by atoms with Crippen molar-refractivity contribution >= 4 is 5.69 Å². The highest BCUT2D eigenvalue weighted by atomic mass is 16.5. The molecule has 3 N–H and O–H groups in total. The van der Waals surface area contributed by atoms with Crippen LogP contribution in [0.1, 0.15) is 22.8 Å². The summed E-state index contributed by atoms with van der Waals surface area (Å²) in [6.45, 7) is 6.29. The minimum Gasteiger partial charge on any atom is -0.496 e. The van der Waals surface area contributed by atoms with E-state index in [2.05, 4.69) is 42.7 Å². The standard InChI is InChI=1S/C19H26N2O2/c1-14-7-6-8-15(2)19(14)21-12-11-20-13-17(22)16-9-4-5-10-18(16)23-3/h4-10,17,20-22H,11-13H2,1-3H3. The second-order valence-electron chi connectivity index (χ2n) is 5.66. The number of aliphatic hydroxyl groups is 1. The molecule has 0 radical (unpaired) electrons. The van der Waals surface area contributed by atoms with Crippen LogP contribution in [0.15, 0.2) is 42.5 Å². The lowest BCUT2D eigenvalue weighted by molar-refractivity contribution is 0.171. The predicted octanol–water partition coefficient (Wildman–Crippen LogP) is 3.05. The molecule has 0 aliphatic carbocycles. The third kappa shape index (κ3) is 4.71. The van der Waals surface area contributed by atoms with Gasteiger partial charge in [0.25, 0.3) is 0 Å². The third-order valence-corrected chi connectivity index (χ3v) is 3.92. The van der Waals surface area contributed by atoms with Gasteiger partial charge in [0, 0.05) is 30.9 Å². The highest BCUT2D eigenvalue weighted by molar-refractivity contribution is 5.56. The molecule has 0 aromatic heterocycles.